The van der Waals surface area contributed by atoms with Crippen molar-refractivity contribution >= 4 is 5.97 Å². The minimum Gasteiger partial charge on any atom is -0.425 e. The molecule has 0 saturated carbocycles. The Labute approximate surface area is 81.6 Å². The summed E-state index contributed by atoms with van der Waals surface area (Å²) < 4.78 is 9.83. The SMILES string of the molecule is NCc1ccc(OC(=O)C2CO2)cc1. The minimum atomic E-state index is -0.357. The van der Waals surface area contributed by atoms with E-state index < -0.39 is 0 Å². The quantitative estimate of drug-likeness (QED) is 0.430. The zero-order valence-electron chi connectivity index (χ0n) is 7.60. The molecule has 1 atom stereocenters. The van der Waals surface area contributed by atoms with E-state index >= 15 is 0 Å². The van der Waals surface area contributed by atoms with Gasteiger partial charge in [0.05, 0.1) is 6.61 Å². The van der Waals surface area contributed by atoms with Gasteiger partial charge in [-0.15, -0.1) is 0 Å². The molecule has 0 aliphatic carbocycles. The van der Waals surface area contributed by atoms with Gasteiger partial charge in [0.15, 0.2) is 6.10 Å². The van der Waals surface area contributed by atoms with E-state index in [1.807, 2.05) is 12.1 Å². The number of epoxide rings is 1. The second kappa shape index (κ2) is 3.77. The van der Waals surface area contributed by atoms with E-state index in [2.05, 4.69) is 0 Å². The average Bonchev–Trinajstić information content (AvgIpc) is 3.02. The fourth-order valence-electron chi connectivity index (χ4n) is 1.06. The summed E-state index contributed by atoms with van der Waals surface area (Å²) in [6, 6.07) is 7.11. The highest BCUT2D eigenvalue weighted by Gasteiger charge is 2.33. The monoisotopic (exact) mass is 193 g/mol. The van der Waals surface area contributed by atoms with Gasteiger partial charge >= 0.3 is 5.97 Å². The van der Waals surface area contributed by atoms with Crippen LogP contribution >= 0.6 is 0 Å². The average molecular weight is 193 g/mol. The number of hydrogen-bond donors (Lipinski definition) is 1. The van der Waals surface area contributed by atoms with E-state index in [-0.39, 0.29) is 12.1 Å². The molecular weight excluding hydrogens is 182 g/mol. The Kier molecular flexibility index (Phi) is 2.47. The summed E-state index contributed by atoms with van der Waals surface area (Å²) in [5.74, 6) is 0.202. The van der Waals surface area contributed by atoms with E-state index in [1.165, 1.54) is 0 Å². The molecule has 1 unspecified atom stereocenters. The third kappa shape index (κ3) is 2.10. The smallest absolute Gasteiger partial charge is 0.343 e. The fraction of sp³-hybridized carbons (Fsp3) is 0.300. The number of nitrogens with two attached hydrogens (primary N) is 1. The van der Waals surface area contributed by atoms with Gasteiger partial charge in [-0.25, -0.2) is 4.79 Å². The number of ether oxygens (including phenoxy) is 2. The molecule has 2 N–H and O–H groups in total. The Hall–Kier alpha value is -1.39. The van der Waals surface area contributed by atoms with Gasteiger partial charge in [-0.1, -0.05) is 12.1 Å². The van der Waals surface area contributed by atoms with Gasteiger partial charge in [0.2, 0.25) is 0 Å². The predicted molar refractivity (Wildman–Crippen MR) is 49.7 cm³/mol. The van der Waals surface area contributed by atoms with Crippen molar-refractivity contribution in [3.05, 3.63) is 29.8 Å². The Morgan fingerprint density at radius 2 is 2.14 bits per heavy atom. The topological polar surface area (TPSA) is 64.8 Å². The van der Waals surface area contributed by atoms with Gasteiger partial charge in [0.1, 0.15) is 5.75 Å². The van der Waals surface area contributed by atoms with Crippen molar-refractivity contribution in [2.45, 2.75) is 12.6 Å². The molecule has 4 heteroatoms. The maximum atomic E-state index is 11.2. The molecule has 14 heavy (non-hydrogen) atoms. The van der Waals surface area contributed by atoms with Crippen LogP contribution in [0, 0.1) is 0 Å². The van der Waals surface area contributed by atoms with Crippen LogP contribution in [-0.4, -0.2) is 18.7 Å². The highest BCUT2D eigenvalue weighted by atomic mass is 16.6. The summed E-state index contributed by atoms with van der Waals surface area (Å²) in [6.45, 7) is 0.958. The lowest BCUT2D eigenvalue weighted by molar-refractivity contribution is -0.135. The molecule has 0 amide bonds. The highest BCUT2D eigenvalue weighted by molar-refractivity contribution is 5.79. The molecule has 2 rings (SSSR count). The van der Waals surface area contributed by atoms with Crippen LogP contribution in [0.2, 0.25) is 0 Å². The number of carbonyl (C=O) groups is 1. The lowest BCUT2D eigenvalue weighted by Crippen LogP contribution is -2.14. The second-order valence-corrected chi connectivity index (χ2v) is 3.09. The van der Waals surface area contributed by atoms with Gasteiger partial charge in [0, 0.05) is 6.54 Å². The number of benzene rings is 1. The molecule has 1 aliphatic heterocycles. The Morgan fingerprint density at radius 3 is 2.64 bits per heavy atom. The molecule has 1 aromatic carbocycles. The van der Waals surface area contributed by atoms with E-state index in [4.69, 9.17) is 15.2 Å². The maximum absolute atomic E-state index is 11.2. The summed E-state index contributed by atoms with van der Waals surface area (Å²) in [5, 5.41) is 0. The first-order valence-electron chi connectivity index (χ1n) is 4.42. The predicted octanol–water partition coefficient (Wildman–Crippen LogP) is 0.449. The number of rotatable bonds is 3. The van der Waals surface area contributed by atoms with Crippen molar-refractivity contribution in [1.82, 2.24) is 0 Å². The zero-order chi connectivity index (χ0) is 9.97. The van der Waals surface area contributed by atoms with Crippen LogP contribution in [0.3, 0.4) is 0 Å². The molecular formula is C10H11NO3. The van der Waals surface area contributed by atoms with Gasteiger partial charge in [-0.3, -0.25) is 0 Å². The molecule has 1 aliphatic rings. The molecule has 1 aromatic rings. The standard InChI is InChI=1S/C10H11NO3/c11-5-7-1-3-8(4-2-7)14-10(12)9-6-13-9/h1-4,9H,5-6,11H2. The number of esters is 1. The maximum Gasteiger partial charge on any atom is 0.343 e. The first kappa shape index (κ1) is 9.18. The van der Waals surface area contributed by atoms with Crippen LogP contribution in [-0.2, 0) is 16.1 Å². The molecule has 1 fully saturated rings. The van der Waals surface area contributed by atoms with E-state index in [0.717, 1.165) is 5.56 Å². The summed E-state index contributed by atoms with van der Waals surface area (Å²) in [7, 11) is 0. The van der Waals surface area contributed by atoms with Gasteiger partial charge in [0.25, 0.3) is 0 Å². The molecule has 1 heterocycles. The molecule has 0 spiro atoms. The van der Waals surface area contributed by atoms with Crippen molar-refractivity contribution in [2.75, 3.05) is 6.61 Å². The second-order valence-electron chi connectivity index (χ2n) is 3.09. The summed E-state index contributed by atoms with van der Waals surface area (Å²) in [4.78, 5) is 11.2. The first-order valence-corrected chi connectivity index (χ1v) is 4.42. The third-order valence-electron chi connectivity index (χ3n) is 1.97. The van der Waals surface area contributed by atoms with Crippen molar-refractivity contribution in [1.29, 1.82) is 0 Å². The Morgan fingerprint density at radius 1 is 1.50 bits per heavy atom. The van der Waals surface area contributed by atoms with Crippen LogP contribution in [0.15, 0.2) is 24.3 Å². The Bertz CT molecular complexity index is 330. The molecule has 74 valence electrons. The molecule has 0 aromatic heterocycles. The summed E-state index contributed by atoms with van der Waals surface area (Å²) in [5.41, 5.74) is 6.44. The van der Waals surface area contributed by atoms with Crippen molar-refractivity contribution in [3.63, 3.8) is 0 Å². The van der Waals surface area contributed by atoms with E-state index in [9.17, 15) is 4.79 Å². The normalized spacial score (nSPS) is 19.1. The highest BCUT2D eigenvalue weighted by Crippen LogP contribution is 2.16. The molecule has 1 saturated heterocycles. The van der Waals surface area contributed by atoms with E-state index in [1.54, 1.807) is 12.1 Å². The van der Waals surface area contributed by atoms with Crippen LogP contribution < -0.4 is 10.5 Å². The zero-order valence-corrected chi connectivity index (χ0v) is 7.60. The first-order chi connectivity index (χ1) is 6.79. The van der Waals surface area contributed by atoms with Crippen LogP contribution in [0.4, 0.5) is 0 Å². The van der Waals surface area contributed by atoms with Crippen LogP contribution in [0.25, 0.3) is 0 Å². The van der Waals surface area contributed by atoms with Crippen molar-refractivity contribution in [2.24, 2.45) is 5.73 Å². The fourth-order valence-corrected chi connectivity index (χ4v) is 1.06. The third-order valence-corrected chi connectivity index (χ3v) is 1.97. The molecule has 4 nitrogen and oxygen atoms in total. The largest absolute Gasteiger partial charge is 0.425 e. The van der Waals surface area contributed by atoms with Crippen molar-refractivity contribution in [3.8, 4) is 5.75 Å². The van der Waals surface area contributed by atoms with Crippen molar-refractivity contribution < 1.29 is 14.3 Å². The lowest BCUT2D eigenvalue weighted by atomic mass is 10.2. The minimum absolute atomic E-state index is 0.328. The van der Waals surface area contributed by atoms with Gasteiger partial charge in [-0.2, -0.15) is 0 Å². The lowest BCUT2D eigenvalue weighted by Gasteiger charge is -2.02. The molecule has 0 bridgehead atoms. The molecule has 0 radical (unpaired) electrons. The summed E-state index contributed by atoms with van der Waals surface area (Å²) >= 11 is 0. The van der Waals surface area contributed by atoms with Gasteiger partial charge in [-0.05, 0) is 17.7 Å². The van der Waals surface area contributed by atoms with Crippen LogP contribution in [0.5, 0.6) is 5.75 Å². The van der Waals surface area contributed by atoms with E-state index in [0.29, 0.717) is 18.9 Å². The number of hydrogen-bond acceptors (Lipinski definition) is 4. The number of carbonyl (C=O) groups excluding carboxylic acids is 1. The van der Waals surface area contributed by atoms with Crippen LogP contribution in [0.1, 0.15) is 5.56 Å². The summed E-state index contributed by atoms with van der Waals surface area (Å²) in [6.07, 6.45) is -0.357. The van der Waals surface area contributed by atoms with Gasteiger partial charge < -0.3 is 15.2 Å². The Balaban J connectivity index is 1.98.